The molecule has 19 heavy (non-hydrogen) atoms. The Labute approximate surface area is 110 Å². The van der Waals surface area contributed by atoms with E-state index in [-0.39, 0.29) is 24.7 Å². The van der Waals surface area contributed by atoms with Crippen molar-refractivity contribution in [2.24, 2.45) is 0 Å². The summed E-state index contributed by atoms with van der Waals surface area (Å²) in [5.41, 5.74) is 0. The molecule has 0 radical (unpaired) electrons. The number of hydrogen-bond acceptors (Lipinski definition) is 5. The predicted molar refractivity (Wildman–Crippen MR) is 64.0 cm³/mol. The van der Waals surface area contributed by atoms with E-state index in [0.29, 0.717) is 6.54 Å². The maximum absolute atomic E-state index is 12.3. The molecule has 0 amide bonds. The zero-order valence-corrected chi connectivity index (χ0v) is 11.2. The van der Waals surface area contributed by atoms with Crippen molar-refractivity contribution in [2.45, 2.75) is 24.6 Å². The number of imidazole rings is 1. The molecule has 0 aromatic carbocycles. The van der Waals surface area contributed by atoms with Gasteiger partial charge in [-0.2, -0.15) is 4.31 Å². The molecule has 2 heterocycles. The van der Waals surface area contributed by atoms with Crippen molar-refractivity contribution in [3.8, 4) is 0 Å². The highest BCUT2D eigenvalue weighted by molar-refractivity contribution is 7.89. The standard InChI is InChI=1S/C10H15N3O5S/c1-2-12-6-9(11-7-12)19(16,17)13-3-4-18-8(5-13)10(14)15/h6-8H,2-5H2,1H3,(H,14,15). The van der Waals surface area contributed by atoms with E-state index in [9.17, 15) is 13.2 Å². The fraction of sp³-hybridized carbons (Fsp3) is 0.600. The molecule has 1 aliphatic rings. The molecule has 0 bridgehead atoms. The number of hydrogen-bond donors (Lipinski definition) is 1. The van der Waals surface area contributed by atoms with Gasteiger partial charge in [-0.05, 0) is 6.92 Å². The van der Waals surface area contributed by atoms with Crippen LogP contribution in [0, 0.1) is 0 Å². The van der Waals surface area contributed by atoms with Crippen LogP contribution in [0.2, 0.25) is 0 Å². The van der Waals surface area contributed by atoms with Crippen LogP contribution in [-0.2, 0) is 26.1 Å². The zero-order chi connectivity index (χ0) is 14.0. The van der Waals surface area contributed by atoms with Gasteiger partial charge in [0.1, 0.15) is 0 Å². The van der Waals surface area contributed by atoms with E-state index in [1.165, 1.54) is 12.5 Å². The molecule has 2 rings (SSSR count). The number of morpholine rings is 1. The van der Waals surface area contributed by atoms with Crippen LogP contribution in [0.1, 0.15) is 6.92 Å². The van der Waals surface area contributed by atoms with E-state index in [2.05, 4.69) is 4.98 Å². The molecular weight excluding hydrogens is 274 g/mol. The molecule has 1 unspecified atom stereocenters. The van der Waals surface area contributed by atoms with Gasteiger partial charge >= 0.3 is 5.97 Å². The molecule has 0 aliphatic carbocycles. The minimum absolute atomic E-state index is 0.0602. The minimum atomic E-state index is -3.76. The monoisotopic (exact) mass is 289 g/mol. The Kier molecular flexibility index (Phi) is 3.88. The molecule has 0 spiro atoms. The highest BCUT2D eigenvalue weighted by Gasteiger charge is 2.35. The van der Waals surface area contributed by atoms with Crippen LogP contribution in [0.4, 0.5) is 0 Å². The number of carboxylic acids is 1. The summed E-state index contributed by atoms with van der Waals surface area (Å²) >= 11 is 0. The first kappa shape index (κ1) is 14.0. The van der Waals surface area contributed by atoms with Gasteiger partial charge in [0.05, 0.1) is 19.5 Å². The third kappa shape index (κ3) is 2.77. The van der Waals surface area contributed by atoms with Crippen molar-refractivity contribution >= 4 is 16.0 Å². The van der Waals surface area contributed by atoms with Crippen molar-refractivity contribution in [1.29, 1.82) is 0 Å². The van der Waals surface area contributed by atoms with Crippen LogP contribution in [0.15, 0.2) is 17.6 Å². The number of aryl methyl sites for hydroxylation is 1. The van der Waals surface area contributed by atoms with Crippen LogP contribution in [0.3, 0.4) is 0 Å². The SMILES string of the molecule is CCn1cnc(S(=O)(=O)N2CCOC(C(=O)O)C2)c1. The summed E-state index contributed by atoms with van der Waals surface area (Å²) in [5.74, 6) is -1.17. The lowest BCUT2D eigenvalue weighted by Crippen LogP contribution is -2.48. The largest absolute Gasteiger partial charge is 0.479 e. The average molecular weight is 289 g/mol. The van der Waals surface area contributed by atoms with Crippen LogP contribution in [-0.4, -0.2) is 59.2 Å². The first-order valence-electron chi connectivity index (χ1n) is 5.81. The van der Waals surface area contributed by atoms with Gasteiger partial charge in [0.25, 0.3) is 10.0 Å². The van der Waals surface area contributed by atoms with E-state index in [1.807, 2.05) is 6.92 Å². The molecule has 1 aromatic rings. The highest BCUT2D eigenvalue weighted by Crippen LogP contribution is 2.17. The molecule has 1 aromatic heterocycles. The Morgan fingerprint density at radius 1 is 1.63 bits per heavy atom. The normalized spacial score (nSPS) is 21.4. The maximum atomic E-state index is 12.3. The summed E-state index contributed by atoms with van der Waals surface area (Å²) in [6.07, 6.45) is 1.74. The number of sulfonamides is 1. The van der Waals surface area contributed by atoms with Gasteiger partial charge in [-0.1, -0.05) is 0 Å². The van der Waals surface area contributed by atoms with Gasteiger partial charge < -0.3 is 14.4 Å². The van der Waals surface area contributed by atoms with Crippen LogP contribution < -0.4 is 0 Å². The molecule has 1 aliphatic heterocycles. The molecule has 1 saturated heterocycles. The van der Waals surface area contributed by atoms with Crippen LogP contribution in [0.25, 0.3) is 0 Å². The topological polar surface area (TPSA) is 102 Å². The molecule has 9 heteroatoms. The molecule has 8 nitrogen and oxygen atoms in total. The Morgan fingerprint density at radius 3 is 2.95 bits per heavy atom. The highest BCUT2D eigenvalue weighted by atomic mass is 32.2. The Morgan fingerprint density at radius 2 is 2.37 bits per heavy atom. The number of aromatic nitrogens is 2. The summed E-state index contributed by atoms with van der Waals surface area (Å²) in [7, 11) is -3.76. The third-order valence-corrected chi connectivity index (χ3v) is 4.63. The minimum Gasteiger partial charge on any atom is -0.479 e. The van der Waals surface area contributed by atoms with Crippen molar-refractivity contribution in [3.05, 3.63) is 12.5 Å². The fourth-order valence-corrected chi connectivity index (χ4v) is 3.13. The summed E-state index contributed by atoms with van der Waals surface area (Å²) in [5, 5.41) is 8.80. The van der Waals surface area contributed by atoms with Crippen molar-refractivity contribution in [1.82, 2.24) is 13.9 Å². The molecule has 1 N–H and O–H groups in total. The van der Waals surface area contributed by atoms with E-state index < -0.39 is 22.1 Å². The van der Waals surface area contributed by atoms with E-state index in [4.69, 9.17) is 9.84 Å². The molecule has 1 fully saturated rings. The number of rotatable bonds is 4. The predicted octanol–water partition coefficient (Wildman–Crippen LogP) is -0.623. The maximum Gasteiger partial charge on any atom is 0.334 e. The van der Waals surface area contributed by atoms with E-state index >= 15 is 0 Å². The Balaban J connectivity index is 2.21. The molecule has 106 valence electrons. The Bertz CT molecular complexity index is 567. The lowest BCUT2D eigenvalue weighted by atomic mass is 10.3. The quantitative estimate of drug-likeness (QED) is 0.792. The van der Waals surface area contributed by atoms with E-state index in [1.54, 1.807) is 4.57 Å². The van der Waals surface area contributed by atoms with Crippen LogP contribution in [0.5, 0.6) is 0 Å². The molecule has 1 atom stereocenters. The van der Waals surface area contributed by atoms with Gasteiger partial charge in [-0.25, -0.2) is 18.2 Å². The first-order chi connectivity index (χ1) is 8.95. The van der Waals surface area contributed by atoms with Gasteiger partial charge in [0.2, 0.25) is 0 Å². The second-order valence-electron chi connectivity index (χ2n) is 4.10. The van der Waals surface area contributed by atoms with Crippen LogP contribution >= 0.6 is 0 Å². The second-order valence-corrected chi connectivity index (χ2v) is 5.99. The van der Waals surface area contributed by atoms with Crippen molar-refractivity contribution in [3.63, 3.8) is 0 Å². The number of ether oxygens (including phenoxy) is 1. The third-order valence-electron chi connectivity index (χ3n) is 2.88. The first-order valence-corrected chi connectivity index (χ1v) is 7.25. The number of carboxylic acid groups (broad SMARTS) is 1. The molecular formula is C10H15N3O5S. The fourth-order valence-electron chi connectivity index (χ4n) is 1.77. The second kappa shape index (κ2) is 5.27. The Hall–Kier alpha value is -1.45. The lowest BCUT2D eigenvalue weighted by molar-refractivity contribution is -0.153. The van der Waals surface area contributed by atoms with Crippen molar-refractivity contribution in [2.75, 3.05) is 19.7 Å². The average Bonchev–Trinajstić information content (AvgIpc) is 2.88. The smallest absolute Gasteiger partial charge is 0.334 e. The molecule has 0 saturated carbocycles. The van der Waals surface area contributed by atoms with E-state index in [0.717, 1.165) is 4.31 Å². The summed E-state index contributed by atoms with van der Waals surface area (Å²) in [4.78, 5) is 14.7. The van der Waals surface area contributed by atoms with Gasteiger partial charge in [0, 0.05) is 19.3 Å². The van der Waals surface area contributed by atoms with Gasteiger partial charge in [-0.3, -0.25) is 0 Å². The lowest BCUT2D eigenvalue weighted by Gasteiger charge is -2.29. The van der Waals surface area contributed by atoms with Gasteiger partial charge in [-0.15, -0.1) is 0 Å². The van der Waals surface area contributed by atoms with Crippen molar-refractivity contribution < 1.29 is 23.1 Å². The summed E-state index contributed by atoms with van der Waals surface area (Å²) in [6, 6.07) is 0. The number of carbonyl (C=O) groups is 1. The zero-order valence-electron chi connectivity index (χ0n) is 10.4. The summed E-state index contributed by atoms with van der Waals surface area (Å²) < 4.78 is 32.3. The number of aliphatic carboxylic acids is 1. The summed E-state index contributed by atoms with van der Waals surface area (Å²) in [6.45, 7) is 2.48. The number of nitrogens with zero attached hydrogens (tertiary/aromatic N) is 3. The van der Waals surface area contributed by atoms with Gasteiger partial charge in [0.15, 0.2) is 11.1 Å².